The number of ether oxygens (including phenoxy) is 1. The number of nitrogens with one attached hydrogen (secondary N) is 3. The third kappa shape index (κ3) is 3.73. The summed E-state index contributed by atoms with van der Waals surface area (Å²) in [6.45, 7) is 0.757. The first-order chi connectivity index (χ1) is 16.8. The smallest absolute Gasteiger partial charge is 0.127 e. The molecule has 6 rings (SSSR count). The molecule has 0 amide bonds. The van der Waals surface area contributed by atoms with Crippen molar-refractivity contribution in [1.29, 1.82) is 0 Å². The lowest BCUT2D eigenvalue weighted by molar-refractivity contribution is 0.401. The highest BCUT2D eigenvalue weighted by atomic mass is 16.5. The molecule has 5 heteroatoms. The molecular weight excluding hydrogens is 420 g/mol. The van der Waals surface area contributed by atoms with Gasteiger partial charge in [-0.3, -0.25) is 0 Å². The minimum Gasteiger partial charge on any atom is -0.496 e. The predicted molar refractivity (Wildman–Crippen MR) is 140 cm³/mol. The van der Waals surface area contributed by atoms with Gasteiger partial charge in [0.05, 0.1) is 18.7 Å². The first kappa shape index (κ1) is 20.6. The van der Waals surface area contributed by atoms with E-state index < -0.39 is 0 Å². The number of aryl methyl sites for hydroxylation is 1. The van der Waals surface area contributed by atoms with Crippen molar-refractivity contribution in [3.63, 3.8) is 0 Å². The Labute approximate surface area is 199 Å². The minimum absolute atomic E-state index is 0.202. The van der Waals surface area contributed by atoms with E-state index in [1.54, 1.807) is 7.11 Å². The van der Waals surface area contributed by atoms with Gasteiger partial charge >= 0.3 is 0 Å². The number of methoxy groups -OCH3 is 1. The van der Waals surface area contributed by atoms with E-state index >= 15 is 0 Å². The van der Waals surface area contributed by atoms with Gasteiger partial charge in [-0.1, -0.05) is 30.3 Å². The molecule has 170 valence electrons. The number of fused-ring (bicyclic) bond motifs is 3. The van der Waals surface area contributed by atoms with Gasteiger partial charge in [0.2, 0.25) is 0 Å². The number of pyridine rings is 1. The fraction of sp³-hybridized carbons (Fsp3) is 0.207. The summed E-state index contributed by atoms with van der Waals surface area (Å²) in [5.74, 6) is 1.85. The molecule has 34 heavy (non-hydrogen) atoms. The topological polar surface area (TPSA) is 62.0 Å². The second-order valence-electron chi connectivity index (χ2n) is 8.90. The molecule has 2 aromatic heterocycles. The fourth-order valence-corrected chi connectivity index (χ4v) is 5.23. The van der Waals surface area contributed by atoms with Crippen molar-refractivity contribution in [2.75, 3.05) is 17.7 Å². The van der Waals surface area contributed by atoms with Gasteiger partial charge in [0.15, 0.2) is 0 Å². The van der Waals surface area contributed by atoms with Crippen molar-refractivity contribution in [3.8, 4) is 5.75 Å². The van der Waals surface area contributed by atoms with Crippen LogP contribution in [0, 0.1) is 0 Å². The Morgan fingerprint density at radius 2 is 1.88 bits per heavy atom. The van der Waals surface area contributed by atoms with E-state index in [4.69, 9.17) is 9.72 Å². The van der Waals surface area contributed by atoms with Gasteiger partial charge < -0.3 is 20.4 Å². The number of hydrogen-bond donors (Lipinski definition) is 3. The maximum absolute atomic E-state index is 5.68. The highest BCUT2D eigenvalue weighted by Gasteiger charge is 2.24. The van der Waals surface area contributed by atoms with Crippen LogP contribution in [0.5, 0.6) is 5.75 Å². The largest absolute Gasteiger partial charge is 0.496 e. The molecule has 5 aromatic rings. The summed E-state index contributed by atoms with van der Waals surface area (Å²) in [6.07, 6.45) is 5.32. The van der Waals surface area contributed by atoms with Crippen molar-refractivity contribution >= 4 is 33.3 Å². The molecule has 1 unspecified atom stereocenters. The molecule has 1 aliphatic rings. The van der Waals surface area contributed by atoms with E-state index in [0.717, 1.165) is 59.5 Å². The Morgan fingerprint density at radius 3 is 2.82 bits per heavy atom. The number of aromatic amines is 1. The summed E-state index contributed by atoms with van der Waals surface area (Å²) in [7, 11) is 1.75. The van der Waals surface area contributed by atoms with Crippen LogP contribution in [-0.4, -0.2) is 17.1 Å². The number of hydrogen-bond acceptors (Lipinski definition) is 4. The zero-order chi connectivity index (χ0) is 22.9. The number of aromatic nitrogens is 2. The Hall–Kier alpha value is -3.99. The molecule has 0 saturated carbocycles. The summed E-state index contributed by atoms with van der Waals surface area (Å²) >= 11 is 0. The molecule has 0 fully saturated rings. The molecule has 3 N–H and O–H groups in total. The molecular formula is C29H28N4O. The second-order valence-corrected chi connectivity index (χ2v) is 8.90. The van der Waals surface area contributed by atoms with Gasteiger partial charge in [-0.05, 0) is 72.9 Å². The quantitative estimate of drug-likeness (QED) is 0.266. The summed E-state index contributed by atoms with van der Waals surface area (Å²) in [5.41, 5.74) is 7.14. The molecule has 0 radical (unpaired) electrons. The van der Waals surface area contributed by atoms with E-state index in [-0.39, 0.29) is 6.04 Å². The molecule has 5 nitrogen and oxygen atoms in total. The summed E-state index contributed by atoms with van der Waals surface area (Å²) in [6, 6.07) is 25.6. The highest BCUT2D eigenvalue weighted by molar-refractivity contribution is 5.92. The minimum atomic E-state index is 0.202. The van der Waals surface area contributed by atoms with Crippen molar-refractivity contribution in [1.82, 2.24) is 9.97 Å². The van der Waals surface area contributed by atoms with Crippen LogP contribution in [0.1, 0.15) is 35.6 Å². The SMILES string of the molecule is COc1cccc2c1C(Nc1ccc3c(NCc4cccc5[nH]ccc45)cccc3n1)CCC2. The molecule has 3 aromatic carbocycles. The highest BCUT2D eigenvalue weighted by Crippen LogP contribution is 2.38. The number of H-pyrrole nitrogens is 1. The summed E-state index contributed by atoms with van der Waals surface area (Å²) in [4.78, 5) is 8.25. The lowest BCUT2D eigenvalue weighted by Crippen LogP contribution is -2.19. The van der Waals surface area contributed by atoms with Crippen molar-refractivity contribution in [3.05, 3.63) is 95.7 Å². The zero-order valence-corrected chi connectivity index (χ0v) is 19.3. The molecule has 0 spiro atoms. The van der Waals surface area contributed by atoms with E-state index in [1.807, 2.05) is 6.20 Å². The summed E-state index contributed by atoms with van der Waals surface area (Å²) in [5, 5.41) is 9.68. The second kappa shape index (κ2) is 8.75. The number of rotatable bonds is 6. The summed E-state index contributed by atoms with van der Waals surface area (Å²) < 4.78 is 5.68. The van der Waals surface area contributed by atoms with Crippen LogP contribution in [0.2, 0.25) is 0 Å². The maximum atomic E-state index is 5.68. The van der Waals surface area contributed by atoms with Crippen molar-refractivity contribution < 1.29 is 4.74 Å². The Morgan fingerprint density at radius 1 is 0.971 bits per heavy atom. The third-order valence-electron chi connectivity index (χ3n) is 6.87. The Kier molecular flexibility index (Phi) is 5.30. The molecule has 1 aliphatic carbocycles. The van der Waals surface area contributed by atoms with E-state index in [1.165, 1.54) is 22.1 Å². The van der Waals surface area contributed by atoms with Gasteiger partial charge in [0, 0.05) is 40.3 Å². The molecule has 0 bridgehead atoms. The van der Waals surface area contributed by atoms with Crippen LogP contribution >= 0.6 is 0 Å². The Balaban J connectivity index is 1.26. The van der Waals surface area contributed by atoms with Crippen LogP contribution in [0.3, 0.4) is 0 Å². The average Bonchev–Trinajstić information content (AvgIpc) is 3.37. The van der Waals surface area contributed by atoms with E-state index in [0.29, 0.717) is 0 Å². The van der Waals surface area contributed by atoms with E-state index in [9.17, 15) is 0 Å². The van der Waals surface area contributed by atoms with Crippen LogP contribution < -0.4 is 15.4 Å². The lowest BCUT2D eigenvalue weighted by atomic mass is 9.87. The van der Waals surface area contributed by atoms with Crippen LogP contribution in [0.4, 0.5) is 11.5 Å². The van der Waals surface area contributed by atoms with E-state index in [2.05, 4.69) is 88.4 Å². The van der Waals surface area contributed by atoms with Crippen LogP contribution in [0.15, 0.2) is 79.0 Å². The van der Waals surface area contributed by atoms with Crippen molar-refractivity contribution in [2.45, 2.75) is 31.8 Å². The fourth-order valence-electron chi connectivity index (χ4n) is 5.23. The first-order valence-electron chi connectivity index (χ1n) is 11.9. The number of anilines is 2. The van der Waals surface area contributed by atoms with Gasteiger partial charge in [0.1, 0.15) is 11.6 Å². The standard InChI is InChI=1S/C29H28N4O/c1-34-27-13-4-7-19-6-2-12-26(29(19)27)33-28-15-14-22-24(10-5-11-25(22)32-28)31-18-20-8-3-9-23-21(20)16-17-30-23/h3-5,7-11,13-17,26,30-31H,2,6,12,18H2,1H3,(H,32,33). The first-order valence-corrected chi connectivity index (χ1v) is 11.9. The molecule has 1 atom stereocenters. The monoisotopic (exact) mass is 448 g/mol. The zero-order valence-electron chi connectivity index (χ0n) is 19.3. The third-order valence-corrected chi connectivity index (χ3v) is 6.87. The van der Waals surface area contributed by atoms with Gasteiger partial charge in [-0.15, -0.1) is 0 Å². The van der Waals surface area contributed by atoms with Gasteiger partial charge in [-0.25, -0.2) is 4.98 Å². The van der Waals surface area contributed by atoms with Crippen molar-refractivity contribution in [2.24, 2.45) is 0 Å². The predicted octanol–water partition coefficient (Wildman–Crippen LogP) is 6.83. The number of benzene rings is 3. The number of nitrogens with zero attached hydrogens (tertiary/aromatic N) is 1. The average molecular weight is 449 g/mol. The molecule has 2 heterocycles. The normalized spacial score (nSPS) is 15.3. The lowest BCUT2D eigenvalue weighted by Gasteiger charge is -2.28. The van der Waals surface area contributed by atoms with Gasteiger partial charge in [-0.2, -0.15) is 0 Å². The van der Waals surface area contributed by atoms with Gasteiger partial charge in [0.25, 0.3) is 0 Å². The molecule has 0 aliphatic heterocycles. The maximum Gasteiger partial charge on any atom is 0.127 e. The van der Waals surface area contributed by atoms with Crippen LogP contribution in [-0.2, 0) is 13.0 Å². The molecule has 0 saturated heterocycles. The Bertz CT molecular complexity index is 1460. The van der Waals surface area contributed by atoms with Crippen LogP contribution in [0.25, 0.3) is 21.8 Å².